The van der Waals surface area contributed by atoms with E-state index in [0.29, 0.717) is 0 Å². The lowest BCUT2D eigenvalue weighted by Gasteiger charge is -2.33. The van der Waals surface area contributed by atoms with Crippen LogP contribution in [0.15, 0.2) is 30.3 Å². The second-order valence-electron chi connectivity index (χ2n) is 5.18. The molecule has 1 atom stereocenters. The molecule has 0 radical (unpaired) electrons. The van der Waals surface area contributed by atoms with Gasteiger partial charge < -0.3 is 5.32 Å². The van der Waals surface area contributed by atoms with E-state index in [1.165, 1.54) is 6.26 Å². The second kappa shape index (κ2) is 5.85. The topological polar surface area (TPSA) is 46.2 Å². The van der Waals surface area contributed by atoms with Crippen molar-refractivity contribution in [2.75, 3.05) is 12.8 Å². The first kappa shape index (κ1) is 15.2. The molecule has 18 heavy (non-hydrogen) atoms. The number of hydrogen-bond acceptors (Lipinski definition) is 3. The number of likely N-dealkylation sites (N-methyl/N-ethyl adjacent to an activating group) is 1. The van der Waals surface area contributed by atoms with E-state index in [1.807, 2.05) is 37.3 Å². The Morgan fingerprint density at radius 3 is 2.22 bits per heavy atom. The van der Waals surface area contributed by atoms with E-state index in [0.717, 1.165) is 18.5 Å². The van der Waals surface area contributed by atoms with E-state index >= 15 is 0 Å². The van der Waals surface area contributed by atoms with Gasteiger partial charge in [0.1, 0.15) is 0 Å². The summed E-state index contributed by atoms with van der Waals surface area (Å²) in [6.07, 6.45) is 2.02. The van der Waals surface area contributed by atoms with Crippen molar-refractivity contribution in [3.63, 3.8) is 0 Å². The van der Waals surface area contributed by atoms with Crippen LogP contribution in [0.4, 0.5) is 0 Å². The number of nitrogens with one attached hydrogen (secondary N) is 1. The van der Waals surface area contributed by atoms with Gasteiger partial charge in [-0.2, -0.15) is 0 Å². The molecule has 3 nitrogen and oxygen atoms in total. The van der Waals surface area contributed by atoms with Gasteiger partial charge in [-0.3, -0.25) is 0 Å². The first-order valence-corrected chi connectivity index (χ1v) is 8.15. The molecule has 0 fully saturated rings. The molecule has 0 aliphatic carbocycles. The summed E-state index contributed by atoms with van der Waals surface area (Å²) in [4.78, 5) is 0. The Hall–Kier alpha value is -0.870. The zero-order valence-electron chi connectivity index (χ0n) is 11.6. The van der Waals surface area contributed by atoms with Crippen molar-refractivity contribution in [3.05, 3.63) is 35.9 Å². The third-order valence-corrected chi connectivity index (χ3v) is 5.72. The van der Waals surface area contributed by atoms with Crippen LogP contribution < -0.4 is 5.32 Å². The van der Waals surface area contributed by atoms with Gasteiger partial charge in [0, 0.05) is 12.3 Å². The molecule has 0 saturated carbocycles. The van der Waals surface area contributed by atoms with Crippen LogP contribution in [0.2, 0.25) is 0 Å². The van der Waals surface area contributed by atoms with Gasteiger partial charge in [0.05, 0.1) is 4.75 Å². The van der Waals surface area contributed by atoms with Crippen LogP contribution in [0.3, 0.4) is 0 Å². The average Bonchev–Trinajstić information content (AvgIpc) is 2.28. The molecular formula is C14H23NO2S. The number of hydrogen-bond donors (Lipinski definition) is 1. The van der Waals surface area contributed by atoms with Gasteiger partial charge in [0.2, 0.25) is 0 Å². The third-order valence-electron chi connectivity index (χ3n) is 3.53. The van der Waals surface area contributed by atoms with Gasteiger partial charge in [-0.15, -0.1) is 0 Å². The van der Waals surface area contributed by atoms with Crippen LogP contribution in [0.25, 0.3) is 0 Å². The monoisotopic (exact) mass is 269 g/mol. The highest BCUT2D eigenvalue weighted by Crippen LogP contribution is 2.23. The Bertz CT molecular complexity index is 466. The predicted molar refractivity (Wildman–Crippen MR) is 76.5 cm³/mol. The van der Waals surface area contributed by atoms with Gasteiger partial charge in [0.15, 0.2) is 9.84 Å². The Morgan fingerprint density at radius 1 is 1.22 bits per heavy atom. The zero-order chi connectivity index (χ0) is 13.8. The molecule has 0 aromatic heterocycles. The maximum absolute atomic E-state index is 11.9. The van der Waals surface area contributed by atoms with Crippen molar-refractivity contribution < 1.29 is 8.42 Å². The number of benzene rings is 1. The second-order valence-corrected chi connectivity index (χ2v) is 7.77. The average molecular weight is 269 g/mol. The normalized spacial score (nSPS) is 14.4. The molecule has 0 spiro atoms. The molecule has 1 rings (SSSR count). The quantitative estimate of drug-likeness (QED) is 0.859. The first-order chi connectivity index (χ1) is 8.29. The van der Waals surface area contributed by atoms with E-state index in [9.17, 15) is 8.42 Å². The molecule has 0 aliphatic heterocycles. The first-order valence-electron chi connectivity index (χ1n) is 6.26. The van der Waals surface area contributed by atoms with E-state index in [1.54, 1.807) is 13.8 Å². The molecule has 1 aromatic rings. The minimum Gasteiger partial charge on any atom is -0.312 e. The van der Waals surface area contributed by atoms with Crippen molar-refractivity contribution in [2.45, 2.75) is 38.0 Å². The summed E-state index contributed by atoms with van der Waals surface area (Å²) in [5, 5.41) is 3.30. The molecule has 102 valence electrons. The lowest BCUT2D eigenvalue weighted by Crippen LogP contribution is -2.52. The van der Waals surface area contributed by atoms with E-state index in [2.05, 4.69) is 5.32 Å². The Morgan fingerprint density at radius 2 is 1.78 bits per heavy atom. The smallest absolute Gasteiger partial charge is 0.154 e. The highest BCUT2D eigenvalue weighted by molar-refractivity contribution is 7.92. The Balaban J connectivity index is 2.97. The van der Waals surface area contributed by atoms with Gasteiger partial charge in [-0.05, 0) is 32.4 Å². The summed E-state index contributed by atoms with van der Waals surface area (Å²) in [7, 11) is -3.11. The van der Waals surface area contributed by atoms with Crippen molar-refractivity contribution in [2.24, 2.45) is 0 Å². The summed E-state index contributed by atoms with van der Waals surface area (Å²) in [5.41, 5.74) is 1.15. The van der Waals surface area contributed by atoms with Crippen molar-refractivity contribution >= 4 is 9.84 Å². The van der Waals surface area contributed by atoms with Gasteiger partial charge in [-0.1, -0.05) is 37.3 Å². The maximum atomic E-state index is 11.9. The Labute approximate surface area is 111 Å². The Kier molecular flexibility index (Phi) is 4.93. The van der Waals surface area contributed by atoms with Crippen LogP contribution in [-0.2, 0) is 16.3 Å². The van der Waals surface area contributed by atoms with Crippen LogP contribution >= 0.6 is 0 Å². The van der Waals surface area contributed by atoms with Crippen LogP contribution in [0.1, 0.15) is 26.3 Å². The van der Waals surface area contributed by atoms with Crippen molar-refractivity contribution in [3.8, 4) is 0 Å². The summed E-state index contributed by atoms with van der Waals surface area (Å²) in [6, 6.07) is 9.90. The molecule has 0 aliphatic rings. The highest BCUT2D eigenvalue weighted by Gasteiger charge is 2.38. The van der Waals surface area contributed by atoms with Crippen molar-refractivity contribution in [1.29, 1.82) is 0 Å². The van der Waals surface area contributed by atoms with Crippen LogP contribution in [0, 0.1) is 0 Å². The van der Waals surface area contributed by atoms with Gasteiger partial charge in [0.25, 0.3) is 0 Å². The van der Waals surface area contributed by atoms with E-state index < -0.39 is 14.6 Å². The van der Waals surface area contributed by atoms with Crippen LogP contribution in [-0.4, -0.2) is 32.0 Å². The molecule has 0 amide bonds. The minimum absolute atomic E-state index is 0.0834. The third kappa shape index (κ3) is 3.56. The molecule has 1 unspecified atom stereocenters. The fourth-order valence-corrected chi connectivity index (χ4v) is 2.60. The van der Waals surface area contributed by atoms with E-state index in [4.69, 9.17) is 0 Å². The molecule has 0 bridgehead atoms. The molecule has 4 heteroatoms. The summed E-state index contributed by atoms with van der Waals surface area (Å²) >= 11 is 0. The van der Waals surface area contributed by atoms with Crippen molar-refractivity contribution in [1.82, 2.24) is 5.32 Å². The zero-order valence-corrected chi connectivity index (χ0v) is 12.4. The number of sulfone groups is 1. The fraction of sp³-hybridized carbons (Fsp3) is 0.571. The maximum Gasteiger partial charge on any atom is 0.154 e. The molecule has 1 N–H and O–H groups in total. The summed E-state index contributed by atoms with van der Waals surface area (Å²) in [6.45, 7) is 6.34. The minimum atomic E-state index is -3.11. The summed E-state index contributed by atoms with van der Waals surface area (Å²) in [5.74, 6) is 0. The fourth-order valence-electron chi connectivity index (χ4n) is 1.92. The molecule has 1 aromatic carbocycles. The number of rotatable bonds is 6. The summed E-state index contributed by atoms with van der Waals surface area (Å²) < 4.78 is 23.1. The lowest BCUT2D eigenvalue weighted by molar-refractivity contribution is 0.413. The van der Waals surface area contributed by atoms with Gasteiger partial charge >= 0.3 is 0 Å². The molecule has 0 heterocycles. The molecular weight excluding hydrogens is 246 g/mol. The molecule has 0 saturated heterocycles. The predicted octanol–water partition coefficient (Wildman–Crippen LogP) is 2.03. The lowest BCUT2D eigenvalue weighted by atomic mass is 9.95. The SMILES string of the molecule is CCNC(Cc1ccccc1)C(C)(C)S(C)(=O)=O. The standard InChI is InChI=1S/C14H23NO2S/c1-5-15-13(14(2,3)18(4,16)17)11-12-9-7-6-8-10-12/h6-10,13,15H,5,11H2,1-4H3. The van der Waals surface area contributed by atoms with Gasteiger partial charge in [-0.25, -0.2) is 8.42 Å². The van der Waals surface area contributed by atoms with E-state index in [-0.39, 0.29) is 6.04 Å². The highest BCUT2D eigenvalue weighted by atomic mass is 32.2. The largest absolute Gasteiger partial charge is 0.312 e. The van der Waals surface area contributed by atoms with Crippen LogP contribution in [0.5, 0.6) is 0 Å².